The standard InChI is InChI=1S/C20H22N4O2S/c1-16(27-13-17-6-3-2-4-7-17)20(25)23-18-8-5-9-19(12-18)26-11-10-24-15-21-14-22-24/h2-9,12,14-16H,10-11,13H2,1H3,(H,23,25). The summed E-state index contributed by atoms with van der Waals surface area (Å²) in [6.07, 6.45) is 3.14. The predicted molar refractivity (Wildman–Crippen MR) is 108 cm³/mol. The Hall–Kier alpha value is -2.80. The summed E-state index contributed by atoms with van der Waals surface area (Å²) in [5.74, 6) is 1.49. The molecule has 2 aromatic carbocycles. The molecule has 1 amide bonds. The first kappa shape index (κ1) is 19.0. The van der Waals surface area contributed by atoms with E-state index in [0.29, 0.717) is 18.9 Å². The smallest absolute Gasteiger partial charge is 0.237 e. The van der Waals surface area contributed by atoms with Gasteiger partial charge in [-0.05, 0) is 24.6 Å². The molecule has 1 aromatic heterocycles. The van der Waals surface area contributed by atoms with Crippen molar-refractivity contribution in [1.82, 2.24) is 14.8 Å². The maximum absolute atomic E-state index is 12.4. The van der Waals surface area contributed by atoms with Crippen molar-refractivity contribution in [2.75, 3.05) is 11.9 Å². The van der Waals surface area contributed by atoms with Crippen LogP contribution in [0.4, 0.5) is 5.69 Å². The van der Waals surface area contributed by atoms with E-state index in [4.69, 9.17) is 4.74 Å². The van der Waals surface area contributed by atoms with Crippen LogP contribution < -0.4 is 10.1 Å². The molecule has 0 spiro atoms. The van der Waals surface area contributed by atoms with Gasteiger partial charge >= 0.3 is 0 Å². The fourth-order valence-corrected chi connectivity index (χ4v) is 3.23. The number of aromatic nitrogens is 3. The largest absolute Gasteiger partial charge is 0.492 e. The maximum Gasteiger partial charge on any atom is 0.237 e. The highest BCUT2D eigenvalue weighted by molar-refractivity contribution is 7.99. The lowest BCUT2D eigenvalue weighted by Gasteiger charge is -2.13. The van der Waals surface area contributed by atoms with E-state index in [1.165, 1.54) is 11.9 Å². The van der Waals surface area contributed by atoms with Gasteiger partial charge in [0.05, 0.1) is 11.8 Å². The Morgan fingerprint density at radius 3 is 2.85 bits per heavy atom. The van der Waals surface area contributed by atoms with Gasteiger partial charge < -0.3 is 10.1 Å². The van der Waals surface area contributed by atoms with Crippen molar-refractivity contribution < 1.29 is 9.53 Å². The first-order valence-corrected chi connectivity index (χ1v) is 9.77. The van der Waals surface area contributed by atoms with Gasteiger partial charge in [-0.15, -0.1) is 11.8 Å². The highest BCUT2D eigenvalue weighted by Gasteiger charge is 2.14. The third kappa shape index (κ3) is 6.14. The van der Waals surface area contributed by atoms with Crippen LogP contribution in [0.5, 0.6) is 5.75 Å². The number of ether oxygens (including phenoxy) is 1. The normalized spacial score (nSPS) is 11.7. The number of hydrogen-bond donors (Lipinski definition) is 1. The van der Waals surface area contributed by atoms with Crippen molar-refractivity contribution in [2.24, 2.45) is 0 Å². The van der Waals surface area contributed by atoms with E-state index in [-0.39, 0.29) is 11.2 Å². The molecule has 1 N–H and O–H groups in total. The minimum Gasteiger partial charge on any atom is -0.492 e. The lowest BCUT2D eigenvalue weighted by atomic mass is 10.2. The quantitative estimate of drug-likeness (QED) is 0.612. The van der Waals surface area contributed by atoms with Crippen LogP contribution in [0.1, 0.15) is 12.5 Å². The Morgan fingerprint density at radius 1 is 1.22 bits per heavy atom. The van der Waals surface area contributed by atoms with Crippen molar-refractivity contribution in [3.63, 3.8) is 0 Å². The first-order valence-electron chi connectivity index (χ1n) is 8.72. The molecule has 0 saturated heterocycles. The average Bonchev–Trinajstić information content (AvgIpc) is 3.21. The van der Waals surface area contributed by atoms with E-state index in [1.54, 1.807) is 22.8 Å². The molecule has 0 aliphatic heterocycles. The molecule has 7 heteroatoms. The topological polar surface area (TPSA) is 69.0 Å². The number of nitrogens with one attached hydrogen (secondary N) is 1. The summed E-state index contributed by atoms with van der Waals surface area (Å²) in [6.45, 7) is 3.01. The Morgan fingerprint density at radius 2 is 2.07 bits per heavy atom. The Kier molecular flexibility index (Phi) is 6.87. The highest BCUT2D eigenvalue weighted by atomic mass is 32.2. The number of carbonyl (C=O) groups excluding carboxylic acids is 1. The van der Waals surface area contributed by atoms with E-state index in [9.17, 15) is 4.79 Å². The summed E-state index contributed by atoms with van der Waals surface area (Å²) in [6, 6.07) is 17.6. The Bertz CT molecular complexity index is 840. The third-order valence-electron chi connectivity index (χ3n) is 3.87. The molecule has 6 nitrogen and oxygen atoms in total. The van der Waals surface area contributed by atoms with Crippen LogP contribution in [0, 0.1) is 0 Å². The Labute approximate surface area is 163 Å². The van der Waals surface area contributed by atoms with Crippen LogP contribution in [0.2, 0.25) is 0 Å². The summed E-state index contributed by atoms with van der Waals surface area (Å²) in [5.41, 5.74) is 1.94. The molecule has 0 aliphatic carbocycles. The molecule has 0 bridgehead atoms. The zero-order valence-electron chi connectivity index (χ0n) is 15.1. The molecule has 3 aromatic rings. The fraction of sp³-hybridized carbons (Fsp3) is 0.250. The molecule has 1 heterocycles. The number of nitrogens with zero attached hydrogens (tertiary/aromatic N) is 3. The number of carbonyl (C=O) groups is 1. The molecule has 0 aliphatic rings. The summed E-state index contributed by atoms with van der Waals surface area (Å²) in [7, 11) is 0. The van der Waals surface area contributed by atoms with Crippen LogP contribution >= 0.6 is 11.8 Å². The molecule has 3 rings (SSSR count). The van der Waals surface area contributed by atoms with Gasteiger partial charge in [0.2, 0.25) is 5.91 Å². The first-order chi connectivity index (χ1) is 13.2. The van der Waals surface area contributed by atoms with E-state index < -0.39 is 0 Å². The van der Waals surface area contributed by atoms with Crippen LogP contribution in [0.3, 0.4) is 0 Å². The van der Waals surface area contributed by atoms with Gasteiger partial charge in [0.1, 0.15) is 25.0 Å². The lowest BCUT2D eigenvalue weighted by molar-refractivity contribution is -0.115. The van der Waals surface area contributed by atoms with Crippen molar-refractivity contribution in [3.8, 4) is 5.75 Å². The average molecular weight is 382 g/mol. The van der Waals surface area contributed by atoms with Crippen molar-refractivity contribution >= 4 is 23.4 Å². The van der Waals surface area contributed by atoms with E-state index in [2.05, 4.69) is 27.5 Å². The van der Waals surface area contributed by atoms with E-state index in [0.717, 1.165) is 11.4 Å². The van der Waals surface area contributed by atoms with Crippen molar-refractivity contribution in [1.29, 1.82) is 0 Å². The van der Waals surface area contributed by atoms with Gasteiger partial charge in [0.25, 0.3) is 0 Å². The van der Waals surface area contributed by atoms with Gasteiger partial charge in [0, 0.05) is 17.5 Å². The third-order valence-corrected chi connectivity index (χ3v) is 5.08. The highest BCUT2D eigenvalue weighted by Crippen LogP contribution is 2.21. The number of amides is 1. The van der Waals surface area contributed by atoms with Gasteiger partial charge in [-0.2, -0.15) is 5.10 Å². The molecule has 140 valence electrons. The lowest BCUT2D eigenvalue weighted by Crippen LogP contribution is -2.22. The molecular weight excluding hydrogens is 360 g/mol. The zero-order chi connectivity index (χ0) is 18.9. The molecule has 1 atom stereocenters. The van der Waals surface area contributed by atoms with Crippen LogP contribution in [-0.4, -0.2) is 32.5 Å². The number of rotatable bonds is 9. The maximum atomic E-state index is 12.4. The molecular formula is C20H22N4O2S. The molecule has 0 radical (unpaired) electrons. The van der Waals surface area contributed by atoms with E-state index in [1.807, 2.05) is 49.4 Å². The van der Waals surface area contributed by atoms with Crippen molar-refractivity contribution in [2.45, 2.75) is 24.5 Å². The predicted octanol–water partition coefficient (Wildman–Crippen LogP) is 3.62. The van der Waals surface area contributed by atoms with Crippen LogP contribution in [0.25, 0.3) is 0 Å². The number of anilines is 1. The fourth-order valence-electron chi connectivity index (χ4n) is 2.38. The van der Waals surface area contributed by atoms with Crippen molar-refractivity contribution in [3.05, 3.63) is 72.8 Å². The second-order valence-electron chi connectivity index (χ2n) is 5.96. The molecule has 1 unspecified atom stereocenters. The SMILES string of the molecule is CC(SCc1ccccc1)C(=O)Nc1cccc(OCCn2cncn2)c1. The number of benzene rings is 2. The number of thioether (sulfide) groups is 1. The molecule has 27 heavy (non-hydrogen) atoms. The second kappa shape index (κ2) is 9.78. The summed E-state index contributed by atoms with van der Waals surface area (Å²) >= 11 is 1.61. The minimum atomic E-state index is -0.151. The molecule has 0 saturated carbocycles. The molecule has 0 fully saturated rings. The van der Waals surface area contributed by atoms with Gasteiger partial charge in [-0.25, -0.2) is 9.67 Å². The monoisotopic (exact) mass is 382 g/mol. The minimum absolute atomic E-state index is 0.0179. The zero-order valence-corrected chi connectivity index (χ0v) is 15.9. The summed E-state index contributed by atoms with van der Waals surface area (Å²) in [5, 5.41) is 6.83. The Balaban J connectivity index is 1.46. The van der Waals surface area contributed by atoms with Crippen LogP contribution in [0.15, 0.2) is 67.3 Å². The summed E-state index contributed by atoms with van der Waals surface area (Å²) < 4.78 is 7.43. The van der Waals surface area contributed by atoms with Gasteiger partial charge in [-0.1, -0.05) is 36.4 Å². The second-order valence-corrected chi connectivity index (χ2v) is 7.29. The number of hydrogen-bond acceptors (Lipinski definition) is 5. The van der Waals surface area contributed by atoms with Crippen LogP contribution in [-0.2, 0) is 17.1 Å². The van der Waals surface area contributed by atoms with Gasteiger partial charge in [0.15, 0.2) is 0 Å². The summed E-state index contributed by atoms with van der Waals surface area (Å²) in [4.78, 5) is 16.3. The van der Waals surface area contributed by atoms with E-state index >= 15 is 0 Å². The van der Waals surface area contributed by atoms with Gasteiger partial charge in [-0.3, -0.25) is 4.79 Å².